The van der Waals surface area contributed by atoms with Gasteiger partial charge in [-0.15, -0.1) is 0 Å². The highest BCUT2D eigenvalue weighted by Crippen LogP contribution is 2.34. The number of benzene rings is 2. The molecule has 1 heterocycles. The van der Waals surface area contributed by atoms with E-state index in [1.165, 1.54) is 18.2 Å². The molecule has 1 aromatic heterocycles. The molecule has 25 heavy (non-hydrogen) atoms. The van der Waals surface area contributed by atoms with Crippen LogP contribution in [0.1, 0.15) is 15.9 Å². The molecule has 4 nitrogen and oxygen atoms in total. The summed E-state index contributed by atoms with van der Waals surface area (Å²) in [7, 11) is 0. The lowest BCUT2D eigenvalue weighted by Crippen LogP contribution is -2.07. The van der Waals surface area contributed by atoms with Crippen molar-refractivity contribution < 1.29 is 23.1 Å². The maximum absolute atomic E-state index is 12.9. The molecule has 0 unspecified atom stereocenters. The molecule has 0 aliphatic carbocycles. The Labute approximate surface area is 144 Å². The Morgan fingerprint density at radius 3 is 2.60 bits per heavy atom. The molecule has 0 spiro atoms. The van der Waals surface area contributed by atoms with E-state index in [9.17, 15) is 23.1 Å². The first-order valence-corrected chi connectivity index (χ1v) is 7.39. The van der Waals surface area contributed by atoms with Gasteiger partial charge in [-0.25, -0.2) is 4.79 Å². The van der Waals surface area contributed by atoms with Crippen molar-refractivity contribution in [3.8, 4) is 0 Å². The first-order chi connectivity index (χ1) is 11.8. The monoisotopic (exact) mass is 366 g/mol. The molecular formula is C17H10ClF3N2O2. The van der Waals surface area contributed by atoms with Crippen molar-refractivity contribution in [3.05, 3.63) is 64.8 Å². The van der Waals surface area contributed by atoms with Crippen molar-refractivity contribution in [1.82, 2.24) is 4.98 Å². The second-order valence-electron chi connectivity index (χ2n) is 5.22. The smallest absolute Gasteiger partial charge is 0.416 e. The van der Waals surface area contributed by atoms with Gasteiger partial charge in [-0.2, -0.15) is 13.2 Å². The lowest BCUT2D eigenvalue weighted by atomic mass is 10.1. The van der Waals surface area contributed by atoms with Crippen LogP contribution in [0.5, 0.6) is 0 Å². The third-order valence-corrected chi connectivity index (χ3v) is 3.75. The van der Waals surface area contributed by atoms with Crippen LogP contribution in [0.25, 0.3) is 10.9 Å². The van der Waals surface area contributed by atoms with E-state index in [0.717, 1.165) is 18.3 Å². The molecule has 0 fully saturated rings. The average Bonchev–Trinajstić information content (AvgIpc) is 2.54. The highest BCUT2D eigenvalue weighted by Gasteiger charge is 2.30. The minimum Gasteiger partial charge on any atom is -0.478 e. The van der Waals surface area contributed by atoms with Gasteiger partial charge < -0.3 is 10.4 Å². The molecular weight excluding hydrogens is 357 g/mol. The molecule has 0 aliphatic rings. The Bertz CT molecular complexity index is 974. The van der Waals surface area contributed by atoms with Gasteiger partial charge >= 0.3 is 12.1 Å². The number of hydrogen-bond donors (Lipinski definition) is 2. The third-order valence-electron chi connectivity index (χ3n) is 3.52. The molecule has 0 bridgehead atoms. The van der Waals surface area contributed by atoms with Crippen LogP contribution in [-0.2, 0) is 6.18 Å². The van der Waals surface area contributed by atoms with E-state index in [0.29, 0.717) is 15.9 Å². The molecule has 8 heteroatoms. The Kier molecular flexibility index (Phi) is 4.26. The van der Waals surface area contributed by atoms with Crippen molar-refractivity contribution >= 4 is 39.8 Å². The van der Waals surface area contributed by atoms with Crippen LogP contribution in [0.4, 0.5) is 24.5 Å². The number of pyridine rings is 1. The van der Waals surface area contributed by atoms with E-state index in [-0.39, 0.29) is 16.9 Å². The van der Waals surface area contributed by atoms with Gasteiger partial charge in [0.1, 0.15) is 5.56 Å². The van der Waals surface area contributed by atoms with Gasteiger partial charge in [0.05, 0.1) is 16.8 Å². The van der Waals surface area contributed by atoms with Gasteiger partial charge in [0.2, 0.25) is 0 Å². The number of carboxylic acids is 1. The molecule has 2 aromatic carbocycles. The first kappa shape index (κ1) is 17.0. The maximum atomic E-state index is 12.9. The molecule has 3 rings (SSSR count). The molecule has 128 valence electrons. The molecule has 0 saturated heterocycles. The van der Waals surface area contributed by atoms with Crippen LogP contribution in [0, 0.1) is 0 Å². The van der Waals surface area contributed by atoms with Crippen molar-refractivity contribution in [1.29, 1.82) is 0 Å². The predicted molar refractivity (Wildman–Crippen MR) is 88.4 cm³/mol. The van der Waals surface area contributed by atoms with E-state index in [1.807, 2.05) is 0 Å². The SMILES string of the molecule is O=C(O)c1cnc2ccc(Cl)cc2c1Nc1cccc(C(F)(F)F)c1. The summed E-state index contributed by atoms with van der Waals surface area (Å²) in [6.45, 7) is 0. The number of carboxylic acid groups (broad SMARTS) is 1. The molecule has 0 radical (unpaired) electrons. The zero-order valence-electron chi connectivity index (χ0n) is 12.4. The number of halogens is 4. The molecule has 0 saturated carbocycles. The summed E-state index contributed by atoms with van der Waals surface area (Å²) in [6.07, 6.45) is -3.36. The quantitative estimate of drug-likeness (QED) is 0.656. The lowest BCUT2D eigenvalue weighted by molar-refractivity contribution is -0.137. The summed E-state index contributed by atoms with van der Waals surface area (Å²) >= 11 is 5.96. The largest absolute Gasteiger partial charge is 0.478 e. The summed E-state index contributed by atoms with van der Waals surface area (Å²) in [5.41, 5.74) is -0.328. The number of nitrogens with zero attached hydrogens (tertiary/aromatic N) is 1. The Morgan fingerprint density at radius 1 is 1.16 bits per heavy atom. The maximum Gasteiger partial charge on any atom is 0.416 e. The summed E-state index contributed by atoms with van der Waals surface area (Å²) in [4.78, 5) is 15.5. The lowest BCUT2D eigenvalue weighted by Gasteiger charge is -2.14. The predicted octanol–water partition coefficient (Wildman–Crippen LogP) is 5.35. The van der Waals surface area contributed by atoms with Crippen molar-refractivity contribution in [2.45, 2.75) is 6.18 Å². The highest BCUT2D eigenvalue weighted by atomic mass is 35.5. The topological polar surface area (TPSA) is 62.2 Å². The minimum absolute atomic E-state index is 0.102. The standard InChI is InChI=1S/C17H10ClF3N2O2/c18-10-4-5-14-12(7-10)15(13(8-22-14)16(24)25)23-11-3-1-2-9(6-11)17(19,20)21/h1-8H,(H,22,23)(H,24,25). The van der Waals surface area contributed by atoms with Crippen molar-refractivity contribution in [2.24, 2.45) is 0 Å². The van der Waals surface area contributed by atoms with E-state index < -0.39 is 17.7 Å². The highest BCUT2D eigenvalue weighted by molar-refractivity contribution is 6.31. The number of fused-ring (bicyclic) bond motifs is 1. The number of aromatic nitrogens is 1. The van der Waals surface area contributed by atoms with E-state index in [1.54, 1.807) is 12.1 Å². The van der Waals surface area contributed by atoms with Crippen LogP contribution < -0.4 is 5.32 Å². The van der Waals surface area contributed by atoms with E-state index >= 15 is 0 Å². The Morgan fingerprint density at radius 2 is 1.92 bits per heavy atom. The fourth-order valence-electron chi connectivity index (χ4n) is 2.38. The first-order valence-electron chi connectivity index (χ1n) is 7.01. The molecule has 3 aromatic rings. The summed E-state index contributed by atoms with van der Waals surface area (Å²) in [5.74, 6) is -1.26. The van der Waals surface area contributed by atoms with Gasteiger partial charge in [0.15, 0.2) is 0 Å². The number of hydrogen-bond acceptors (Lipinski definition) is 3. The Hall–Kier alpha value is -2.80. The van der Waals surface area contributed by atoms with Gasteiger partial charge in [0.25, 0.3) is 0 Å². The van der Waals surface area contributed by atoms with Gasteiger partial charge in [0, 0.05) is 22.3 Å². The van der Waals surface area contributed by atoms with Crippen LogP contribution in [-0.4, -0.2) is 16.1 Å². The van der Waals surface area contributed by atoms with Crippen LogP contribution in [0.3, 0.4) is 0 Å². The second-order valence-corrected chi connectivity index (χ2v) is 5.65. The molecule has 2 N–H and O–H groups in total. The molecule has 0 amide bonds. The van der Waals surface area contributed by atoms with E-state index in [4.69, 9.17) is 11.6 Å². The van der Waals surface area contributed by atoms with Crippen LogP contribution in [0.15, 0.2) is 48.7 Å². The average molecular weight is 367 g/mol. The summed E-state index contributed by atoms with van der Waals surface area (Å²) in [5, 5.41) is 12.9. The second kappa shape index (κ2) is 6.25. The zero-order chi connectivity index (χ0) is 18.2. The number of anilines is 2. The fraction of sp³-hybridized carbons (Fsp3) is 0.0588. The Balaban J connectivity index is 2.16. The van der Waals surface area contributed by atoms with Crippen LogP contribution >= 0.6 is 11.6 Å². The number of aromatic carboxylic acids is 1. The third kappa shape index (κ3) is 3.51. The summed E-state index contributed by atoms with van der Waals surface area (Å²) < 4.78 is 38.6. The number of nitrogens with one attached hydrogen (secondary N) is 1. The van der Waals surface area contributed by atoms with Gasteiger partial charge in [-0.1, -0.05) is 17.7 Å². The van der Waals surface area contributed by atoms with Crippen molar-refractivity contribution in [3.63, 3.8) is 0 Å². The zero-order valence-corrected chi connectivity index (χ0v) is 13.2. The van der Waals surface area contributed by atoms with E-state index in [2.05, 4.69) is 10.3 Å². The summed E-state index contributed by atoms with van der Waals surface area (Å²) in [6, 6.07) is 9.19. The number of carbonyl (C=O) groups is 1. The van der Waals surface area contributed by atoms with Gasteiger partial charge in [-0.05, 0) is 36.4 Å². The minimum atomic E-state index is -4.50. The van der Waals surface area contributed by atoms with Crippen molar-refractivity contribution in [2.75, 3.05) is 5.32 Å². The molecule has 0 aliphatic heterocycles. The normalized spacial score (nSPS) is 11.5. The molecule has 0 atom stereocenters. The van der Waals surface area contributed by atoms with Crippen LogP contribution in [0.2, 0.25) is 5.02 Å². The number of rotatable bonds is 3. The van der Waals surface area contributed by atoms with Gasteiger partial charge in [-0.3, -0.25) is 4.98 Å². The number of alkyl halides is 3. The fourth-order valence-corrected chi connectivity index (χ4v) is 2.55.